The van der Waals surface area contributed by atoms with Crippen LogP contribution in [0.3, 0.4) is 0 Å². The summed E-state index contributed by atoms with van der Waals surface area (Å²) >= 11 is 0. The van der Waals surface area contributed by atoms with Crippen molar-refractivity contribution in [3.8, 4) is 5.75 Å². The van der Waals surface area contributed by atoms with Crippen LogP contribution in [0.15, 0.2) is 24.3 Å². The molecule has 0 saturated carbocycles. The van der Waals surface area contributed by atoms with Gasteiger partial charge in [0.05, 0.1) is 11.7 Å². The van der Waals surface area contributed by atoms with E-state index in [4.69, 9.17) is 4.74 Å². The Morgan fingerprint density at radius 2 is 1.87 bits per heavy atom. The molecule has 0 bridgehead atoms. The average Bonchev–Trinajstić information content (AvgIpc) is 2.17. The number of aliphatic hydroxyl groups is 2. The van der Waals surface area contributed by atoms with Crippen LogP contribution >= 0.6 is 0 Å². The summed E-state index contributed by atoms with van der Waals surface area (Å²) in [5.74, 6) is -1.29. The minimum absolute atomic E-state index is 0.0128. The van der Waals surface area contributed by atoms with E-state index in [1.54, 1.807) is 25.1 Å². The number of hydrogen-bond acceptors (Lipinski definition) is 3. The Labute approximate surface area is 90.3 Å². The molecule has 2 N–H and O–H groups in total. The maximum Gasteiger partial charge on any atom is 0.193 e. The lowest BCUT2D eigenvalue weighted by Gasteiger charge is -2.24. The van der Waals surface area contributed by atoms with Crippen molar-refractivity contribution in [1.29, 1.82) is 0 Å². The van der Waals surface area contributed by atoms with Gasteiger partial charge in [0.1, 0.15) is 5.75 Å². The van der Waals surface area contributed by atoms with Crippen molar-refractivity contribution in [1.82, 2.24) is 0 Å². The quantitative estimate of drug-likeness (QED) is 0.747. The Hall–Kier alpha value is -1.06. The van der Waals surface area contributed by atoms with Crippen molar-refractivity contribution >= 4 is 0 Å². The second-order valence-corrected chi connectivity index (χ2v) is 3.83. The second kappa shape index (κ2) is 4.64. The lowest BCUT2D eigenvalue weighted by molar-refractivity contribution is -0.172. The molecule has 0 heterocycles. The first-order chi connectivity index (χ1) is 6.97. The van der Waals surface area contributed by atoms with Crippen LogP contribution in [0.4, 0.5) is 0 Å². The van der Waals surface area contributed by atoms with Crippen LogP contribution in [0.2, 0.25) is 0 Å². The molecule has 1 aromatic rings. The molecule has 15 heavy (non-hydrogen) atoms. The molecule has 0 aliphatic heterocycles. The minimum atomic E-state index is -1.81. The molecule has 0 aromatic heterocycles. The van der Waals surface area contributed by atoms with Gasteiger partial charge in [0, 0.05) is 6.42 Å². The van der Waals surface area contributed by atoms with Gasteiger partial charge in [-0.1, -0.05) is 19.1 Å². The van der Waals surface area contributed by atoms with Gasteiger partial charge < -0.3 is 14.9 Å². The van der Waals surface area contributed by atoms with Crippen LogP contribution in [0.25, 0.3) is 0 Å². The van der Waals surface area contributed by atoms with Gasteiger partial charge in [-0.3, -0.25) is 0 Å². The van der Waals surface area contributed by atoms with E-state index in [0.29, 0.717) is 11.3 Å². The predicted octanol–water partition coefficient (Wildman–Crippen LogP) is 2.02. The van der Waals surface area contributed by atoms with Gasteiger partial charge in [-0.25, -0.2) is 0 Å². The van der Waals surface area contributed by atoms with Crippen molar-refractivity contribution in [3.05, 3.63) is 29.8 Å². The summed E-state index contributed by atoms with van der Waals surface area (Å²) in [6, 6.07) is 6.99. The smallest absolute Gasteiger partial charge is 0.193 e. The molecule has 0 aliphatic rings. The highest BCUT2D eigenvalue weighted by Crippen LogP contribution is 2.30. The first-order valence-electron chi connectivity index (χ1n) is 5.18. The third-order valence-electron chi connectivity index (χ3n) is 2.17. The topological polar surface area (TPSA) is 49.7 Å². The molecule has 1 aromatic carbocycles. The van der Waals surface area contributed by atoms with E-state index in [1.807, 2.05) is 19.9 Å². The molecule has 0 atom stereocenters. The first kappa shape index (κ1) is 12.0. The number of hydrogen-bond donors (Lipinski definition) is 2. The zero-order valence-electron chi connectivity index (χ0n) is 9.40. The van der Waals surface area contributed by atoms with E-state index in [0.717, 1.165) is 0 Å². The SMILES string of the molecule is CCC(O)(O)c1ccccc1OC(C)C. The maximum absolute atomic E-state index is 9.76. The van der Waals surface area contributed by atoms with Crippen molar-refractivity contribution in [3.63, 3.8) is 0 Å². The summed E-state index contributed by atoms with van der Waals surface area (Å²) in [6.45, 7) is 5.52. The third kappa shape index (κ3) is 2.94. The number of benzene rings is 1. The predicted molar refractivity (Wildman–Crippen MR) is 58.6 cm³/mol. The molecule has 0 saturated heterocycles. The average molecular weight is 210 g/mol. The fourth-order valence-electron chi connectivity index (χ4n) is 1.34. The molecule has 0 unspecified atom stereocenters. The van der Waals surface area contributed by atoms with Gasteiger partial charge in [0.15, 0.2) is 5.79 Å². The van der Waals surface area contributed by atoms with Crippen molar-refractivity contribution in [2.24, 2.45) is 0 Å². The number of para-hydroxylation sites is 1. The molecule has 0 amide bonds. The Bertz CT molecular complexity index is 318. The Morgan fingerprint density at radius 1 is 1.27 bits per heavy atom. The standard InChI is InChI=1S/C12H18O3/c1-4-12(13,14)10-7-5-6-8-11(10)15-9(2)3/h5-9,13-14H,4H2,1-3H3. The van der Waals surface area contributed by atoms with Crippen LogP contribution in [-0.2, 0) is 5.79 Å². The summed E-state index contributed by atoms with van der Waals surface area (Å²) < 4.78 is 5.51. The zero-order chi connectivity index (χ0) is 11.5. The van der Waals surface area contributed by atoms with Crippen LogP contribution in [0.5, 0.6) is 5.75 Å². The summed E-state index contributed by atoms with van der Waals surface area (Å²) in [5.41, 5.74) is 0.418. The van der Waals surface area contributed by atoms with Crippen LogP contribution in [0.1, 0.15) is 32.8 Å². The van der Waals surface area contributed by atoms with Gasteiger partial charge in [0.2, 0.25) is 0 Å². The third-order valence-corrected chi connectivity index (χ3v) is 2.17. The summed E-state index contributed by atoms with van der Waals surface area (Å²) in [6.07, 6.45) is 0.240. The summed E-state index contributed by atoms with van der Waals surface area (Å²) in [4.78, 5) is 0. The first-order valence-corrected chi connectivity index (χ1v) is 5.18. The van der Waals surface area contributed by atoms with Crippen LogP contribution in [0, 0.1) is 0 Å². The number of rotatable bonds is 4. The summed E-state index contributed by atoms with van der Waals surface area (Å²) in [7, 11) is 0. The van der Waals surface area contributed by atoms with E-state index >= 15 is 0 Å². The number of ether oxygens (including phenoxy) is 1. The van der Waals surface area contributed by atoms with E-state index in [2.05, 4.69) is 0 Å². The van der Waals surface area contributed by atoms with Crippen LogP contribution in [-0.4, -0.2) is 16.3 Å². The molecule has 1 rings (SSSR count). The zero-order valence-corrected chi connectivity index (χ0v) is 9.40. The second-order valence-electron chi connectivity index (χ2n) is 3.83. The molecular weight excluding hydrogens is 192 g/mol. The Balaban J connectivity index is 3.06. The highest BCUT2D eigenvalue weighted by Gasteiger charge is 2.27. The van der Waals surface area contributed by atoms with Crippen molar-refractivity contribution < 1.29 is 14.9 Å². The van der Waals surface area contributed by atoms with Gasteiger partial charge in [-0.2, -0.15) is 0 Å². The summed E-state index contributed by atoms with van der Waals surface area (Å²) in [5, 5.41) is 19.5. The molecule has 0 radical (unpaired) electrons. The van der Waals surface area contributed by atoms with Gasteiger partial charge in [0.25, 0.3) is 0 Å². The molecule has 0 aliphatic carbocycles. The molecule has 84 valence electrons. The molecule has 3 heteroatoms. The molecule has 0 fully saturated rings. The van der Waals surface area contributed by atoms with E-state index in [-0.39, 0.29) is 12.5 Å². The minimum Gasteiger partial charge on any atom is -0.491 e. The normalized spacial score (nSPS) is 11.9. The Kier molecular flexibility index (Phi) is 3.72. The maximum atomic E-state index is 9.76. The van der Waals surface area contributed by atoms with Crippen molar-refractivity contribution in [2.45, 2.75) is 39.1 Å². The Morgan fingerprint density at radius 3 is 2.40 bits per heavy atom. The fraction of sp³-hybridized carbons (Fsp3) is 0.500. The molecule has 3 nitrogen and oxygen atoms in total. The highest BCUT2D eigenvalue weighted by molar-refractivity contribution is 5.36. The lowest BCUT2D eigenvalue weighted by atomic mass is 10.0. The van der Waals surface area contributed by atoms with E-state index < -0.39 is 5.79 Å². The van der Waals surface area contributed by atoms with E-state index in [9.17, 15) is 10.2 Å². The largest absolute Gasteiger partial charge is 0.491 e. The lowest BCUT2D eigenvalue weighted by Crippen LogP contribution is -2.25. The molecular formula is C12H18O3. The highest BCUT2D eigenvalue weighted by atomic mass is 16.5. The van der Waals surface area contributed by atoms with E-state index in [1.165, 1.54) is 0 Å². The van der Waals surface area contributed by atoms with Gasteiger partial charge in [-0.05, 0) is 26.0 Å². The van der Waals surface area contributed by atoms with Crippen LogP contribution < -0.4 is 4.74 Å². The van der Waals surface area contributed by atoms with Crippen molar-refractivity contribution in [2.75, 3.05) is 0 Å². The molecule has 0 spiro atoms. The van der Waals surface area contributed by atoms with Gasteiger partial charge in [-0.15, -0.1) is 0 Å². The van der Waals surface area contributed by atoms with Gasteiger partial charge >= 0.3 is 0 Å². The monoisotopic (exact) mass is 210 g/mol. The fourth-order valence-corrected chi connectivity index (χ4v) is 1.34.